The van der Waals surface area contributed by atoms with Crippen LogP contribution in [0.2, 0.25) is 0 Å². The van der Waals surface area contributed by atoms with Crippen molar-refractivity contribution in [1.29, 1.82) is 0 Å². The lowest BCUT2D eigenvalue weighted by Crippen LogP contribution is -2.15. The van der Waals surface area contributed by atoms with Crippen LogP contribution in [0.15, 0.2) is 11.8 Å². The number of aliphatic hydroxyl groups excluding tert-OH is 1. The van der Waals surface area contributed by atoms with Crippen molar-refractivity contribution in [1.82, 2.24) is 5.32 Å². The molecule has 0 saturated carbocycles. The summed E-state index contributed by atoms with van der Waals surface area (Å²) < 4.78 is 0. The van der Waals surface area contributed by atoms with Crippen molar-refractivity contribution in [2.45, 2.75) is 78.1 Å². The van der Waals surface area contributed by atoms with Gasteiger partial charge >= 0.3 is 0 Å². The molecule has 0 amide bonds. The molecule has 108 valence electrons. The SMILES string of the molecule is CCCCCCCCCCC/C=C(\C)NCCO. The molecule has 0 aliphatic heterocycles. The molecule has 0 aromatic carbocycles. The quantitative estimate of drug-likeness (QED) is 0.478. The molecule has 0 aliphatic rings. The van der Waals surface area contributed by atoms with Crippen LogP contribution in [0.25, 0.3) is 0 Å². The Morgan fingerprint density at radius 1 is 0.944 bits per heavy atom. The highest BCUT2D eigenvalue weighted by Gasteiger charge is 1.92. The van der Waals surface area contributed by atoms with Gasteiger partial charge in [-0.1, -0.05) is 64.4 Å². The van der Waals surface area contributed by atoms with Crippen molar-refractivity contribution in [3.8, 4) is 0 Å². The van der Waals surface area contributed by atoms with Gasteiger partial charge in [0.25, 0.3) is 0 Å². The summed E-state index contributed by atoms with van der Waals surface area (Å²) in [6.45, 7) is 5.22. The Kier molecular flexibility index (Phi) is 14.2. The maximum absolute atomic E-state index is 8.67. The highest BCUT2D eigenvalue weighted by molar-refractivity contribution is 4.94. The molecule has 0 aromatic heterocycles. The molecule has 2 nitrogen and oxygen atoms in total. The van der Waals surface area contributed by atoms with Gasteiger partial charge in [-0.05, 0) is 19.8 Å². The minimum atomic E-state index is 0.212. The van der Waals surface area contributed by atoms with Crippen molar-refractivity contribution in [2.75, 3.05) is 13.2 Å². The van der Waals surface area contributed by atoms with Crippen LogP contribution in [0.1, 0.15) is 78.1 Å². The molecule has 0 heterocycles. The van der Waals surface area contributed by atoms with Gasteiger partial charge in [0.05, 0.1) is 6.61 Å². The molecule has 0 saturated heterocycles. The molecule has 0 aromatic rings. The van der Waals surface area contributed by atoms with Crippen molar-refractivity contribution in [2.24, 2.45) is 0 Å². The summed E-state index contributed by atoms with van der Waals surface area (Å²) in [5, 5.41) is 11.8. The van der Waals surface area contributed by atoms with Crippen molar-refractivity contribution in [3.05, 3.63) is 11.8 Å². The summed E-state index contributed by atoms with van der Waals surface area (Å²) in [7, 11) is 0. The normalized spacial score (nSPS) is 11.8. The van der Waals surface area contributed by atoms with Gasteiger partial charge in [-0.3, -0.25) is 0 Å². The molecule has 2 heteroatoms. The number of hydrogen-bond donors (Lipinski definition) is 2. The molecular formula is C16H33NO. The zero-order chi connectivity index (χ0) is 13.5. The zero-order valence-corrected chi connectivity index (χ0v) is 12.5. The van der Waals surface area contributed by atoms with Gasteiger partial charge in [0.2, 0.25) is 0 Å². The van der Waals surface area contributed by atoms with E-state index in [-0.39, 0.29) is 6.61 Å². The smallest absolute Gasteiger partial charge is 0.0603 e. The van der Waals surface area contributed by atoms with Crippen LogP contribution in [-0.4, -0.2) is 18.3 Å². The third-order valence-corrected chi connectivity index (χ3v) is 3.27. The van der Waals surface area contributed by atoms with Crippen molar-refractivity contribution in [3.63, 3.8) is 0 Å². The largest absolute Gasteiger partial charge is 0.395 e. The average Bonchev–Trinajstić information content (AvgIpc) is 2.38. The summed E-state index contributed by atoms with van der Waals surface area (Å²) in [5.41, 5.74) is 1.20. The second-order valence-electron chi connectivity index (χ2n) is 5.15. The standard InChI is InChI=1S/C16H33NO/c1-3-4-5-6-7-8-9-10-11-12-13-16(2)17-14-15-18/h13,17-18H,3-12,14-15H2,1-2H3/b16-13+. The van der Waals surface area contributed by atoms with Crippen molar-refractivity contribution >= 4 is 0 Å². The lowest BCUT2D eigenvalue weighted by molar-refractivity contribution is 0.297. The van der Waals surface area contributed by atoms with Gasteiger partial charge in [0.15, 0.2) is 0 Å². The van der Waals surface area contributed by atoms with Crippen LogP contribution in [0.5, 0.6) is 0 Å². The Labute approximate surface area is 114 Å². The topological polar surface area (TPSA) is 32.3 Å². The molecular weight excluding hydrogens is 222 g/mol. The maximum Gasteiger partial charge on any atom is 0.0603 e. The van der Waals surface area contributed by atoms with Gasteiger partial charge in [0.1, 0.15) is 0 Å². The third-order valence-electron chi connectivity index (χ3n) is 3.27. The van der Waals surface area contributed by atoms with E-state index < -0.39 is 0 Å². The van der Waals surface area contributed by atoms with E-state index in [4.69, 9.17) is 5.11 Å². The highest BCUT2D eigenvalue weighted by Crippen LogP contribution is 2.10. The Morgan fingerprint density at radius 2 is 1.50 bits per heavy atom. The molecule has 0 atom stereocenters. The van der Waals surface area contributed by atoms with Gasteiger partial charge in [0, 0.05) is 12.2 Å². The molecule has 2 N–H and O–H groups in total. The Balaban J connectivity index is 3.15. The fourth-order valence-electron chi connectivity index (χ4n) is 2.10. The van der Waals surface area contributed by atoms with Crippen LogP contribution in [0.4, 0.5) is 0 Å². The monoisotopic (exact) mass is 255 g/mol. The summed E-state index contributed by atoms with van der Waals surface area (Å²) in [5.74, 6) is 0. The van der Waals surface area contributed by atoms with E-state index >= 15 is 0 Å². The fourth-order valence-corrected chi connectivity index (χ4v) is 2.10. The Bertz CT molecular complexity index is 190. The fraction of sp³-hybridized carbons (Fsp3) is 0.875. The van der Waals surface area contributed by atoms with E-state index in [9.17, 15) is 0 Å². The van der Waals surface area contributed by atoms with E-state index in [0.717, 1.165) is 0 Å². The second kappa shape index (κ2) is 14.6. The summed E-state index contributed by atoms with van der Waals surface area (Å²) in [4.78, 5) is 0. The van der Waals surface area contributed by atoms with E-state index in [1.807, 2.05) is 0 Å². The highest BCUT2D eigenvalue weighted by atomic mass is 16.3. The summed E-state index contributed by atoms with van der Waals surface area (Å²) in [6.07, 6.45) is 15.9. The van der Waals surface area contributed by atoms with E-state index in [1.54, 1.807) is 0 Å². The second-order valence-corrected chi connectivity index (χ2v) is 5.15. The van der Waals surface area contributed by atoms with Gasteiger partial charge < -0.3 is 10.4 Å². The number of aliphatic hydroxyl groups is 1. The molecule has 0 rings (SSSR count). The number of unbranched alkanes of at least 4 members (excludes halogenated alkanes) is 9. The first-order valence-electron chi connectivity index (χ1n) is 7.82. The minimum absolute atomic E-state index is 0.212. The maximum atomic E-state index is 8.67. The Morgan fingerprint density at radius 3 is 2.06 bits per heavy atom. The molecule has 0 aliphatic carbocycles. The first-order chi connectivity index (χ1) is 8.81. The van der Waals surface area contributed by atoms with E-state index in [0.29, 0.717) is 6.54 Å². The predicted octanol–water partition coefficient (Wildman–Crippen LogP) is 4.39. The first kappa shape index (κ1) is 17.5. The van der Waals surface area contributed by atoms with Gasteiger partial charge in [-0.15, -0.1) is 0 Å². The molecule has 18 heavy (non-hydrogen) atoms. The minimum Gasteiger partial charge on any atom is -0.395 e. The predicted molar refractivity (Wildman–Crippen MR) is 80.7 cm³/mol. The van der Waals surface area contributed by atoms with E-state index in [2.05, 4.69) is 25.2 Å². The molecule has 0 spiro atoms. The lowest BCUT2D eigenvalue weighted by atomic mass is 10.1. The van der Waals surface area contributed by atoms with Crippen LogP contribution < -0.4 is 5.32 Å². The summed E-state index contributed by atoms with van der Waals surface area (Å²) in [6, 6.07) is 0. The Hall–Kier alpha value is -0.500. The molecule has 0 unspecified atom stereocenters. The first-order valence-corrected chi connectivity index (χ1v) is 7.82. The average molecular weight is 255 g/mol. The molecule has 0 bridgehead atoms. The number of nitrogens with one attached hydrogen (secondary N) is 1. The van der Waals surface area contributed by atoms with Gasteiger partial charge in [-0.25, -0.2) is 0 Å². The number of allylic oxidation sites excluding steroid dienone is 2. The van der Waals surface area contributed by atoms with Crippen LogP contribution >= 0.6 is 0 Å². The summed E-state index contributed by atoms with van der Waals surface area (Å²) >= 11 is 0. The molecule has 0 radical (unpaired) electrons. The zero-order valence-electron chi connectivity index (χ0n) is 12.5. The number of rotatable bonds is 13. The van der Waals surface area contributed by atoms with Crippen LogP contribution in [-0.2, 0) is 0 Å². The lowest BCUT2D eigenvalue weighted by Gasteiger charge is -2.04. The third kappa shape index (κ3) is 13.6. The van der Waals surface area contributed by atoms with Gasteiger partial charge in [-0.2, -0.15) is 0 Å². The van der Waals surface area contributed by atoms with Crippen LogP contribution in [0.3, 0.4) is 0 Å². The van der Waals surface area contributed by atoms with Crippen LogP contribution in [0, 0.1) is 0 Å². The number of hydrogen-bond acceptors (Lipinski definition) is 2. The van der Waals surface area contributed by atoms with E-state index in [1.165, 1.54) is 69.9 Å². The van der Waals surface area contributed by atoms with Crippen molar-refractivity contribution < 1.29 is 5.11 Å². The molecule has 0 fully saturated rings.